The summed E-state index contributed by atoms with van der Waals surface area (Å²) < 4.78 is 39.8. The zero-order valence-corrected chi connectivity index (χ0v) is 11.5. The average Bonchev–Trinajstić information content (AvgIpc) is 2.42. The Morgan fingerprint density at radius 3 is 2.35 bits per heavy atom. The van der Waals surface area contributed by atoms with Gasteiger partial charge in [0.25, 0.3) is 10.0 Å². The molecule has 0 aliphatic rings. The van der Waals surface area contributed by atoms with Gasteiger partial charge in [-0.3, -0.25) is 4.72 Å². The minimum absolute atomic E-state index is 0.0640. The Morgan fingerprint density at radius 1 is 1.15 bits per heavy atom. The molecule has 0 aliphatic heterocycles. The molecule has 0 unspecified atom stereocenters. The van der Waals surface area contributed by atoms with E-state index in [4.69, 9.17) is 16.9 Å². The summed E-state index contributed by atoms with van der Waals surface area (Å²) in [5.41, 5.74) is 0.139. The molecule has 0 aliphatic carbocycles. The first-order valence-electron chi connectivity index (χ1n) is 5.40. The predicted molar refractivity (Wildman–Crippen MR) is 73.4 cm³/mol. The molecular formula is C13H8ClFN2O2S. The van der Waals surface area contributed by atoms with Crippen molar-refractivity contribution < 1.29 is 12.8 Å². The number of nitriles is 1. The van der Waals surface area contributed by atoms with Gasteiger partial charge in [-0.25, -0.2) is 12.8 Å². The molecule has 0 spiro atoms. The van der Waals surface area contributed by atoms with Gasteiger partial charge in [-0.1, -0.05) is 11.6 Å². The van der Waals surface area contributed by atoms with Gasteiger partial charge < -0.3 is 0 Å². The standard InChI is InChI=1S/C13H8ClFN2O2S/c14-10-3-6-13(12(15)7-10)17-20(18,19)11-4-1-9(8-16)2-5-11/h1-7,17H. The Balaban J connectivity index is 2.33. The molecule has 2 aromatic rings. The van der Waals surface area contributed by atoms with E-state index in [1.165, 1.54) is 36.4 Å². The van der Waals surface area contributed by atoms with Crippen LogP contribution in [0.2, 0.25) is 5.02 Å². The van der Waals surface area contributed by atoms with Gasteiger partial charge in [0.15, 0.2) is 0 Å². The summed E-state index contributed by atoms with van der Waals surface area (Å²) in [6.45, 7) is 0. The van der Waals surface area contributed by atoms with Crippen molar-refractivity contribution >= 4 is 27.3 Å². The first kappa shape index (κ1) is 14.3. The largest absolute Gasteiger partial charge is 0.277 e. The molecule has 0 atom stereocenters. The van der Waals surface area contributed by atoms with Crippen LogP contribution in [0.5, 0.6) is 0 Å². The Bertz CT molecular complexity index is 783. The van der Waals surface area contributed by atoms with Crippen molar-refractivity contribution in [1.82, 2.24) is 0 Å². The minimum atomic E-state index is -3.92. The molecule has 0 fully saturated rings. The average molecular weight is 311 g/mol. The van der Waals surface area contributed by atoms with Crippen LogP contribution in [0, 0.1) is 17.1 Å². The molecule has 0 aromatic heterocycles. The topological polar surface area (TPSA) is 70.0 Å². The maximum atomic E-state index is 13.6. The van der Waals surface area contributed by atoms with E-state index in [2.05, 4.69) is 4.72 Å². The van der Waals surface area contributed by atoms with Gasteiger partial charge in [0.05, 0.1) is 22.2 Å². The molecule has 0 saturated carbocycles. The summed E-state index contributed by atoms with van der Waals surface area (Å²) in [5.74, 6) is -0.769. The van der Waals surface area contributed by atoms with E-state index in [-0.39, 0.29) is 15.6 Å². The lowest BCUT2D eigenvalue weighted by atomic mass is 10.2. The highest BCUT2D eigenvalue weighted by atomic mass is 35.5. The molecule has 0 radical (unpaired) electrons. The molecular weight excluding hydrogens is 303 g/mol. The molecule has 7 heteroatoms. The van der Waals surface area contributed by atoms with E-state index in [0.717, 1.165) is 6.07 Å². The van der Waals surface area contributed by atoms with Gasteiger partial charge in [-0.15, -0.1) is 0 Å². The molecule has 0 amide bonds. The second-order valence-corrected chi connectivity index (χ2v) is 5.98. The Labute approximate surface area is 120 Å². The van der Waals surface area contributed by atoms with Gasteiger partial charge in [0.1, 0.15) is 5.82 Å². The number of hydrogen-bond acceptors (Lipinski definition) is 3. The number of halogens is 2. The second kappa shape index (κ2) is 5.49. The van der Waals surface area contributed by atoms with Gasteiger partial charge in [-0.05, 0) is 42.5 Å². The van der Waals surface area contributed by atoms with Crippen molar-refractivity contribution in [2.75, 3.05) is 4.72 Å². The molecule has 2 rings (SSSR count). The van der Waals surface area contributed by atoms with Crippen LogP contribution < -0.4 is 4.72 Å². The zero-order valence-electron chi connectivity index (χ0n) is 9.97. The lowest BCUT2D eigenvalue weighted by molar-refractivity contribution is 0.598. The van der Waals surface area contributed by atoms with Crippen LogP contribution in [0.15, 0.2) is 47.4 Å². The third kappa shape index (κ3) is 3.07. The lowest BCUT2D eigenvalue weighted by Gasteiger charge is -2.09. The monoisotopic (exact) mass is 310 g/mol. The molecule has 20 heavy (non-hydrogen) atoms. The molecule has 2 aromatic carbocycles. The van der Waals surface area contributed by atoms with Gasteiger partial charge in [0, 0.05) is 5.02 Å². The number of nitrogens with one attached hydrogen (secondary N) is 1. The van der Waals surface area contributed by atoms with E-state index >= 15 is 0 Å². The fraction of sp³-hybridized carbons (Fsp3) is 0. The normalized spacial score (nSPS) is 10.8. The number of hydrogen-bond donors (Lipinski definition) is 1. The molecule has 0 bridgehead atoms. The molecule has 0 saturated heterocycles. The fourth-order valence-electron chi connectivity index (χ4n) is 1.48. The number of sulfonamides is 1. The number of anilines is 1. The van der Waals surface area contributed by atoms with Crippen LogP contribution in [-0.2, 0) is 10.0 Å². The van der Waals surface area contributed by atoms with Crippen molar-refractivity contribution in [3.63, 3.8) is 0 Å². The summed E-state index contributed by atoms with van der Waals surface area (Å²) >= 11 is 5.59. The first-order chi connectivity index (χ1) is 9.42. The second-order valence-electron chi connectivity index (χ2n) is 3.87. The summed E-state index contributed by atoms with van der Waals surface area (Å²) in [4.78, 5) is -0.0640. The zero-order chi connectivity index (χ0) is 14.8. The highest BCUT2D eigenvalue weighted by Crippen LogP contribution is 2.22. The fourth-order valence-corrected chi connectivity index (χ4v) is 2.71. The van der Waals surface area contributed by atoms with Crippen molar-refractivity contribution in [3.8, 4) is 6.07 Å². The van der Waals surface area contributed by atoms with Crippen LogP contribution in [0.3, 0.4) is 0 Å². The van der Waals surface area contributed by atoms with Crippen molar-refractivity contribution in [2.45, 2.75) is 4.90 Å². The lowest BCUT2D eigenvalue weighted by Crippen LogP contribution is -2.13. The number of rotatable bonds is 3. The third-order valence-corrected chi connectivity index (χ3v) is 4.09. The first-order valence-corrected chi connectivity index (χ1v) is 7.26. The van der Waals surface area contributed by atoms with E-state index in [1.54, 1.807) is 0 Å². The maximum Gasteiger partial charge on any atom is 0.261 e. The SMILES string of the molecule is N#Cc1ccc(S(=O)(=O)Nc2ccc(Cl)cc2F)cc1. The van der Waals surface area contributed by atoms with Crippen LogP contribution in [0.25, 0.3) is 0 Å². The van der Waals surface area contributed by atoms with Crippen LogP contribution in [0.4, 0.5) is 10.1 Å². The summed E-state index contributed by atoms with van der Waals surface area (Å²) in [6.07, 6.45) is 0. The Morgan fingerprint density at radius 2 is 1.80 bits per heavy atom. The third-order valence-electron chi connectivity index (χ3n) is 2.47. The minimum Gasteiger partial charge on any atom is -0.277 e. The quantitative estimate of drug-likeness (QED) is 0.946. The van der Waals surface area contributed by atoms with Crippen molar-refractivity contribution in [1.29, 1.82) is 5.26 Å². The van der Waals surface area contributed by atoms with Crippen LogP contribution >= 0.6 is 11.6 Å². The van der Waals surface area contributed by atoms with Crippen molar-refractivity contribution in [3.05, 3.63) is 58.9 Å². The summed E-state index contributed by atoms with van der Waals surface area (Å²) in [5, 5.41) is 8.82. The van der Waals surface area contributed by atoms with Gasteiger partial charge >= 0.3 is 0 Å². The highest BCUT2D eigenvalue weighted by molar-refractivity contribution is 7.92. The molecule has 102 valence electrons. The van der Waals surface area contributed by atoms with E-state index in [9.17, 15) is 12.8 Å². The van der Waals surface area contributed by atoms with Gasteiger partial charge in [-0.2, -0.15) is 5.26 Å². The van der Waals surface area contributed by atoms with E-state index in [1.807, 2.05) is 6.07 Å². The van der Waals surface area contributed by atoms with Crippen LogP contribution in [-0.4, -0.2) is 8.42 Å². The molecule has 0 heterocycles. The number of benzene rings is 2. The molecule has 4 nitrogen and oxygen atoms in total. The number of nitrogens with zero attached hydrogens (tertiary/aromatic N) is 1. The van der Waals surface area contributed by atoms with E-state index < -0.39 is 15.8 Å². The van der Waals surface area contributed by atoms with Gasteiger partial charge in [0.2, 0.25) is 0 Å². The van der Waals surface area contributed by atoms with Crippen molar-refractivity contribution in [2.24, 2.45) is 0 Å². The molecule has 1 N–H and O–H groups in total. The predicted octanol–water partition coefficient (Wildman–Crippen LogP) is 3.15. The van der Waals surface area contributed by atoms with Crippen LogP contribution in [0.1, 0.15) is 5.56 Å². The highest BCUT2D eigenvalue weighted by Gasteiger charge is 2.16. The Kier molecular flexibility index (Phi) is 3.93. The smallest absolute Gasteiger partial charge is 0.261 e. The summed E-state index contributed by atoms with van der Waals surface area (Å²) in [6, 6.07) is 10.8. The maximum absolute atomic E-state index is 13.6. The van der Waals surface area contributed by atoms with E-state index in [0.29, 0.717) is 5.56 Å². The summed E-state index contributed by atoms with van der Waals surface area (Å²) in [7, 11) is -3.92. The Hall–Kier alpha value is -2.10.